The van der Waals surface area contributed by atoms with Gasteiger partial charge in [-0.3, -0.25) is 9.97 Å². The predicted octanol–water partition coefficient (Wildman–Crippen LogP) is 7.45. The van der Waals surface area contributed by atoms with Gasteiger partial charge in [-0.1, -0.05) is 49.7 Å². The number of nitriles is 1. The number of nitrogens with one attached hydrogen (secondary N) is 2. The minimum absolute atomic E-state index is 0.0708. The SMILES string of the molecule is CC(C)(C)CNc1c(C#N)cnc2c(Cl)cc(NC(c3cnc4c(F)cccc4c3)c3cn(C4(C(F)F)CC4)nn3)cc12. The molecule has 3 heterocycles. The fourth-order valence-corrected chi connectivity index (χ4v) is 5.34. The molecule has 0 amide bonds. The van der Waals surface area contributed by atoms with Crippen LogP contribution in [0.2, 0.25) is 5.02 Å². The first-order chi connectivity index (χ1) is 20.5. The summed E-state index contributed by atoms with van der Waals surface area (Å²) >= 11 is 6.72. The molecule has 1 unspecified atom stereocenters. The monoisotopic (exact) mass is 604 g/mol. The zero-order chi connectivity index (χ0) is 30.5. The zero-order valence-corrected chi connectivity index (χ0v) is 24.4. The first-order valence-corrected chi connectivity index (χ1v) is 14.1. The molecule has 1 saturated carbocycles. The van der Waals surface area contributed by atoms with E-state index in [-0.39, 0.29) is 10.9 Å². The molecule has 6 rings (SSSR count). The third kappa shape index (κ3) is 5.43. The normalized spacial score (nSPS) is 15.0. The molecule has 5 aromatic rings. The summed E-state index contributed by atoms with van der Waals surface area (Å²) in [7, 11) is 0. The first-order valence-electron chi connectivity index (χ1n) is 13.8. The predicted molar refractivity (Wildman–Crippen MR) is 160 cm³/mol. The molecule has 2 N–H and O–H groups in total. The number of hydrogen-bond donors (Lipinski definition) is 2. The van der Waals surface area contributed by atoms with E-state index in [9.17, 15) is 18.4 Å². The number of benzene rings is 2. The van der Waals surface area contributed by atoms with Gasteiger partial charge >= 0.3 is 0 Å². The van der Waals surface area contributed by atoms with Gasteiger partial charge in [0.15, 0.2) is 0 Å². The Balaban J connectivity index is 1.46. The minimum Gasteiger partial charge on any atom is -0.383 e. The molecule has 8 nitrogen and oxygen atoms in total. The molecule has 1 aliphatic rings. The number of rotatable bonds is 8. The van der Waals surface area contributed by atoms with E-state index in [0.717, 1.165) is 0 Å². The topological polar surface area (TPSA) is 104 Å². The van der Waals surface area contributed by atoms with Crippen molar-refractivity contribution in [3.8, 4) is 6.07 Å². The summed E-state index contributed by atoms with van der Waals surface area (Å²) in [6, 6.07) is 11.5. The van der Waals surface area contributed by atoms with Crippen molar-refractivity contribution in [2.45, 2.75) is 51.6 Å². The highest BCUT2D eigenvalue weighted by molar-refractivity contribution is 6.35. The third-order valence-corrected chi connectivity index (χ3v) is 7.89. The number of nitrogens with zero attached hydrogens (tertiary/aromatic N) is 6. The second-order valence-electron chi connectivity index (χ2n) is 12.1. The number of halogens is 4. The molecule has 220 valence electrons. The number of aromatic nitrogens is 5. The van der Waals surface area contributed by atoms with E-state index in [2.05, 4.69) is 57.8 Å². The fraction of sp³-hybridized carbons (Fsp3) is 0.323. The van der Waals surface area contributed by atoms with Gasteiger partial charge in [0.1, 0.15) is 28.6 Å². The molecular formula is C31H28ClF3N8. The van der Waals surface area contributed by atoms with E-state index in [4.69, 9.17) is 11.6 Å². The van der Waals surface area contributed by atoms with Crippen LogP contribution in [0.25, 0.3) is 21.8 Å². The molecule has 0 radical (unpaired) electrons. The van der Waals surface area contributed by atoms with Gasteiger partial charge < -0.3 is 10.6 Å². The van der Waals surface area contributed by atoms with E-state index < -0.39 is 23.8 Å². The molecule has 0 aliphatic heterocycles. The van der Waals surface area contributed by atoms with Gasteiger partial charge in [0.25, 0.3) is 6.43 Å². The molecule has 1 fully saturated rings. The summed E-state index contributed by atoms with van der Waals surface area (Å²) < 4.78 is 43.4. The lowest BCUT2D eigenvalue weighted by Crippen LogP contribution is -2.26. The number of fused-ring (bicyclic) bond motifs is 2. The molecule has 1 atom stereocenters. The largest absolute Gasteiger partial charge is 0.383 e. The summed E-state index contributed by atoms with van der Waals surface area (Å²) in [5.74, 6) is -0.454. The Bertz CT molecular complexity index is 1890. The number of anilines is 2. The van der Waals surface area contributed by atoms with Crippen LogP contribution >= 0.6 is 11.6 Å². The maximum absolute atomic E-state index is 14.4. The van der Waals surface area contributed by atoms with Crippen molar-refractivity contribution in [1.82, 2.24) is 25.0 Å². The summed E-state index contributed by atoms with van der Waals surface area (Å²) in [6.45, 7) is 6.83. The summed E-state index contributed by atoms with van der Waals surface area (Å²) in [5, 5.41) is 26.5. The Morgan fingerprint density at radius 3 is 2.58 bits per heavy atom. The van der Waals surface area contributed by atoms with Gasteiger partial charge in [-0.05, 0) is 48.1 Å². The molecule has 1 aliphatic carbocycles. The molecular weight excluding hydrogens is 577 g/mol. The van der Waals surface area contributed by atoms with Crippen molar-refractivity contribution in [3.05, 3.63) is 82.6 Å². The summed E-state index contributed by atoms with van der Waals surface area (Å²) in [5.41, 5.74) is 1.80. The Hall–Kier alpha value is -4.43. The third-order valence-electron chi connectivity index (χ3n) is 7.60. The van der Waals surface area contributed by atoms with Crippen LogP contribution < -0.4 is 10.6 Å². The van der Waals surface area contributed by atoms with Crippen molar-refractivity contribution < 1.29 is 13.2 Å². The van der Waals surface area contributed by atoms with E-state index in [1.54, 1.807) is 24.3 Å². The number of pyridine rings is 2. The van der Waals surface area contributed by atoms with E-state index in [1.165, 1.54) is 29.3 Å². The van der Waals surface area contributed by atoms with Gasteiger partial charge in [0.2, 0.25) is 0 Å². The van der Waals surface area contributed by atoms with Crippen molar-refractivity contribution in [2.75, 3.05) is 17.2 Å². The Morgan fingerprint density at radius 2 is 1.88 bits per heavy atom. The quantitative estimate of drug-likeness (QED) is 0.189. The summed E-state index contributed by atoms with van der Waals surface area (Å²) in [4.78, 5) is 8.77. The molecule has 0 spiro atoms. The molecule has 2 aromatic carbocycles. The van der Waals surface area contributed by atoms with E-state index in [0.29, 0.717) is 68.9 Å². The maximum atomic E-state index is 14.4. The average Bonchev–Trinajstić information content (AvgIpc) is 3.64. The van der Waals surface area contributed by atoms with E-state index in [1.807, 2.05) is 6.07 Å². The van der Waals surface area contributed by atoms with Crippen LogP contribution in [0.15, 0.2) is 55.0 Å². The van der Waals surface area contributed by atoms with Gasteiger partial charge in [-0.15, -0.1) is 5.10 Å². The fourth-order valence-electron chi connectivity index (χ4n) is 5.07. The highest BCUT2D eigenvalue weighted by Gasteiger charge is 2.54. The number of para-hydroxylation sites is 1. The van der Waals surface area contributed by atoms with Crippen LogP contribution in [0, 0.1) is 22.6 Å². The number of alkyl halides is 2. The molecule has 3 aromatic heterocycles. The van der Waals surface area contributed by atoms with Crippen LogP contribution in [0.4, 0.5) is 24.5 Å². The Kier molecular flexibility index (Phi) is 7.13. The lowest BCUT2D eigenvalue weighted by molar-refractivity contribution is 0.0593. The van der Waals surface area contributed by atoms with Crippen LogP contribution in [-0.4, -0.2) is 37.9 Å². The zero-order valence-electron chi connectivity index (χ0n) is 23.7. The highest BCUT2D eigenvalue weighted by Crippen LogP contribution is 2.48. The first kappa shape index (κ1) is 28.7. The van der Waals surface area contributed by atoms with E-state index >= 15 is 0 Å². The Labute approximate surface area is 250 Å². The van der Waals surface area contributed by atoms with Gasteiger partial charge in [-0.25, -0.2) is 17.9 Å². The second kappa shape index (κ2) is 10.7. The molecule has 43 heavy (non-hydrogen) atoms. The maximum Gasteiger partial charge on any atom is 0.263 e. The lowest BCUT2D eigenvalue weighted by Gasteiger charge is -2.22. The molecule has 0 bridgehead atoms. The second-order valence-corrected chi connectivity index (χ2v) is 12.5. The average molecular weight is 605 g/mol. The van der Waals surface area contributed by atoms with Crippen LogP contribution in [0.1, 0.15) is 56.5 Å². The van der Waals surface area contributed by atoms with Gasteiger partial charge in [0, 0.05) is 35.4 Å². The van der Waals surface area contributed by atoms with Gasteiger partial charge in [0.05, 0.1) is 34.0 Å². The molecule has 12 heteroatoms. The van der Waals surface area contributed by atoms with Crippen molar-refractivity contribution in [3.63, 3.8) is 0 Å². The van der Waals surface area contributed by atoms with Crippen molar-refractivity contribution >= 4 is 44.8 Å². The van der Waals surface area contributed by atoms with Crippen LogP contribution in [-0.2, 0) is 5.54 Å². The smallest absolute Gasteiger partial charge is 0.263 e. The standard InChI is InChI=1S/C31H28ClF3N8/c1-30(2,3)16-39-25-19(12-36)14-38-28-21(25)10-20(11-22(28)32)40-27(18-9-17-5-4-6-23(33)26(17)37-13-18)24-15-43(42-41-24)31(7-8-31)29(34)35/h4-6,9-11,13-15,27,29,40H,7-8,16H2,1-3H3,(H,38,39). The van der Waals surface area contributed by atoms with Crippen LogP contribution in [0.5, 0.6) is 0 Å². The number of hydrogen-bond acceptors (Lipinski definition) is 7. The highest BCUT2D eigenvalue weighted by atomic mass is 35.5. The molecule has 0 saturated heterocycles. The lowest BCUT2D eigenvalue weighted by atomic mass is 9.96. The van der Waals surface area contributed by atoms with Crippen molar-refractivity contribution in [1.29, 1.82) is 5.26 Å². The Morgan fingerprint density at radius 1 is 1.12 bits per heavy atom. The van der Waals surface area contributed by atoms with Gasteiger partial charge in [-0.2, -0.15) is 5.26 Å². The summed E-state index contributed by atoms with van der Waals surface area (Å²) in [6.07, 6.45) is 2.56. The van der Waals surface area contributed by atoms with Crippen molar-refractivity contribution in [2.24, 2.45) is 5.41 Å². The minimum atomic E-state index is -2.58. The van der Waals surface area contributed by atoms with Crippen LogP contribution in [0.3, 0.4) is 0 Å².